The van der Waals surface area contributed by atoms with Crippen LogP contribution in [0.15, 0.2) is 0 Å². The molecule has 1 rings (SSSR count). The first-order valence-electron chi connectivity index (χ1n) is 6.74. The van der Waals surface area contributed by atoms with Gasteiger partial charge in [0, 0.05) is 12.6 Å². The van der Waals surface area contributed by atoms with E-state index in [1.54, 1.807) is 11.6 Å². The summed E-state index contributed by atoms with van der Waals surface area (Å²) in [6.07, 6.45) is -1.26. The molecule has 9 heteroatoms. The topological polar surface area (TPSA) is 75.4 Å². The van der Waals surface area contributed by atoms with Crippen molar-refractivity contribution in [3.05, 3.63) is 0 Å². The number of halogens is 3. The molecule has 3 N–H and O–H groups in total. The summed E-state index contributed by atoms with van der Waals surface area (Å²) in [7, 11) is -4.14. The second kappa shape index (κ2) is 7.06. The van der Waals surface area contributed by atoms with Gasteiger partial charge < -0.3 is 5.73 Å². The summed E-state index contributed by atoms with van der Waals surface area (Å²) in [5.74, 6) is 0.00571. The lowest BCUT2D eigenvalue weighted by molar-refractivity contribution is -0.121. The minimum atomic E-state index is -4.56. The first-order valence-corrected chi connectivity index (χ1v) is 8.18. The van der Waals surface area contributed by atoms with Gasteiger partial charge in [-0.3, -0.25) is 0 Å². The van der Waals surface area contributed by atoms with E-state index in [4.69, 9.17) is 5.73 Å². The number of alkyl halides is 3. The minimum Gasteiger partial charge on any atom is -0.330 e. The molecule has 0 amide bonds. The molecular formula is C11H22F3N3O2S. The number of nitrogens with one attached hydrogen (secondary N) is 1. The van der Waals surface area contributed by atoms with Crippen LogP contribution >= 0.6 is 0 Å². The van der Waals surface area contributed by atoms with Crippen LogP contribution in [0.4, 0.5) is 13.2 Å². The van der Waals surface area contributed by atoms with Gasteiger partial charge in [-0.2, -0.15) is 30.6 Å². The lowest BCUT2D eigenvalue weighted by Gasteiger charge is -2.38. The summed E-state index contributed by atoms with van der Waals surface area (Å²) in [4.78, 5) is 0. The van der Waals surface area contributed by atoms with Crippen LogP contribution < -0.4 is 10.5 Å². The summed E-state index contributed by atoms with van der Waals surface area (Å²) in [6.45, 7) is 0.547. The molecule has 0 spiro atoms. The molecule has 1 aliphatic rings. The second-order valence-corrected chi connectivity index (χ2v) is 6.70. The largest absolute Gasteiger partial charge is 0.402 e. The fraction of sp³-hybridized carbons (Fsp3) is 1.00. The van der Waals surface area contributed by atoms with Gasteiger partial charge in [0.05, 0.1) is 0 Å². The highest BCUT2D eigenvalue weighted by Crippen LogP contribution is 2.29. The normalized spacial score (nSPS) is 25.1. The van der Waals surface area contributed by atoms with Gasteiger partial charge in [-0.25, -0.2) is 0 Å². The van der Waals surface area contributed by atoms with Crippen LogP contribution in [0, 0.1) is 5.92 Å². The van der Waals surface area contributed by atoms with Crippen LogP contribution in [0.2, 0.25) is 0 Å². The molecule has 5 nitrogen and oxygen atoms in total. The average Bonchev–Trinajstić information content (AvgIpc) is 2.37. The van der Waals surface area contributed by atoms with E-state index in [9.17, 15) is 21.6 Å². The summed E-state index contributed by atoms with van der Waals surface area (Å²) in [6, 6.07) is -0.315. The summed E-state index contributed by atoms with van der Waals surface area (Å²) in [5, 5.41) is 0. The van der Waals surface area contributed by atoms with Crippen molar-refractivity contribution in [3.63, 3.8) is 0 Å². The van der Waals surface area contributed by atoms with Crippen LogP contribution in [0.3, 0.4) is 0 Å². The van der Waals surface area contributed by atoms with Crippen molar-refractivity contribution in [2.24, 2.45) is 11.7 Å². The Morgan fingerprint density at radius 1 is 1.30 bits per heavy atom. The molecule has 0 saturated heterocycles. The van der Waals surface area contributed by atoms with Gasteiger partial charge >= 0.3 is 6.18 Å². The molecular weight excluding hydrogens is 295 g/mol. The molecule has 0 aromatic rings. The average molecular weight is 317 g/mol. The van der Waals surface area contributed by atoms with Crippen molar-refractivity contribution in [1.29, 1.82) is 0 Å². The van der Waals surface area contributed by atoms with Crippen LogP contribution in [-0.2, 0) is 10.2 Å². The summed E-state index contributed by atoms with van der Waals surface area (Å²) < 4.78 is 63.3. The maximum absolute atomic E-state index is 12.2. The van der Waals surface area contributed by atoms with Crippen LogP contribution in [-0.4, -0.2) is 44.6 Å². The Labute approximate surface area is 117 Å². The van der Waals surface area contributed by atoms with E-state index in [1.165, 1.54) is 0 Å². The molecule has 1 fully saturated rings. The quantitative estimate of drug-likeness (QED) is 0.773. The third kappa shape index (κ3) is 4.87. The number of nitrogens with two attached hydrogens (primary N) is 1. The van der Waals surface area contributed by atoms with Gasteiger partial charge in [0.15, 0.2) is 0 Å². The Bertz CT molecular complexity index is 400. The van der Waals surface area contributed by atoms with Crippen molar-refractivity contribution in [1.82, 2.24) is 9.03 Å². The third-order valence-electron chi connectivity index (χ3n) is 3.62. The zero-order valence-electron chi connectivity index (χ0n) is 11.5. The molecule has 2 atom stereocenters. The lowest BCUT2D eigenvalue weighted by atomic mass is 9.84. The highest BCUT2D eigenvalue weighted by atomic mass is 32.2. The number of rotatable bonds is 6. The van der Waals surface area contributed by atoms with E-state index in [-0.39, 0.29) is 18.5 Å². The number of nitrogens with zero attached hydrogens (tertiary/aromatic N) is 1. The second-order valence-electron chi connectivity index (χ2n) is 4.99. The van der Waals surface area contributed by atoms with Gasteiger partial charge in [-0.1, -0.05) is 19.8 Å². The monoisotopic (exact) mass is 317 g/mol. The number of hydrogen-bond acceptors (Lipinski definition) is 3. The van der Waals surface area contributed by atoms with Gasteiger partial charge in [0.2, 0.25) is 0 Å². The van der Waals surface area contributed by atoms with E-state index < -0.39 is 22.9 Å². The summed E-state index contributed by atoms with van der Waals surface area (Å²) in [5.41, 5.74) is 5.65. The van der Waals surface area contributed by atoms with Crippen molar-refractivity contribution >= 4 is 10.2 Å². The Hall–Kier alpha value is -0.380. The van der Waals surface area contributed by atoms with E-state index in [0.29, 0.717) is 13.0 Å². The summed E-state index contributed by atoms with van der Waals surface area (Å²) >= 11 is 0. The van der Waals surface area contributed by atoms with Crippen molar-refractivity contribution < 1.29 is 21.6 Å². The standard InChI is InChI=1S/C11H22F3N3O2S/c1-2-17(10-6-4-3-5-9(10)7-15)20(18,19)16-8-11(12,13)14/h9-10,16H,2-8,15H2,1H3. The lowest BCUT2D eigenvalue weighted by Crippen LogP contribution is -2.52. The van der Waals surface area contributed by atoms with Gasteiger partial charge in [-0.05, 0) is 25.3 Å². The van der Waals surface area contributed by atoms with Gasteiger partial charge in [-0.15, -0.1) is 0 Å². The highest BCUT2D eigenvalue weighted by molar-refractivity contribution is 7.87. The predicted molar refractivity (Wildman–Crippen MR) is 70.2 cm³/mol. The number of hydrogen-bond donors (Lipinski definition) is 2. The van der Waals surface area contributed by atoms with Crippen molar-refractivity contribution in [2.75, 3.05) is 19.6 Å². The fourth-order valence-electron chi connectivity index (χ4n) is 2.68. The van der Waals surface area contributed by atoms with Crippen molar-refractivity contribution in [2.45, 2.75) is 44.8 Å². The molecule has 20 heavy (non-hydrogen) atoms. The minimum absolute atomic E-state index is 0.00571. The molecule has 2 unspecified atom stereocenters. The third-order valence-corrected chi connectivity index (χ3v) is 5.27. The first-order chi connectivity index (χ1) is 9.21. The highest BCUT2D eigenvalue weighted by Gasteiger charge is 2.37. The van der Waals surface area contributed by atoms with E-state index in [2.05, 4.69) is 0 Å². The van der Waals surface area contributed by atoms with E-state index in [0.717, 1.165) is 23.6 Å². The molecule has 0 aromatic carbocycles. The molecule has 0 bridgehead atoms. The van der Waals surface area contributed by atoms with Gasteiger partial charge in [0.1, 0.15) is 6.54 Å². The molecule has 0 aliphatic heterocycles. The molecule has 1 aliphatic carbocycles. The maximum Gasteiger partial charge on any atom is 0.402 e. The SMILES string of the molecule is CCN(C1CCCCC1CN)S(=O)(=O)NCC(F)(F)F. The maximum atomic E-state index is 12.2. The Balaban J connectivity index is 2.82. The molecule has 0 radical (unpaired) electrons. The molecule has 1 saturated carbocycles. The molecule has 120 valence electrons. The fourth-order valence-corrected chi connectivity index (χ4v) is 4.17. The first kappa shape index (κ1) is 17.7. The van der Waals surface area contributed by atoms with Crippen molar-refractivity contribution in [3.8, 4) is 0 Å². The zero-order valence-corrected chi connectivity index (χ0v) is 12.3. The smallest absolute Gasteiger partial charge is 0.330 e. The molecule has 0 aromatic heterocycles. The van der Waals surface area contributed by atoms with E-state index >= 15 is 0 Å². The van der Waals surface area contributed by atoms with E-state index in [1.807, 2.05) is 0 Å². The van der Waals surface area contributed by atoms with Crippen LogP contribution in [0.25, 0.3) is 0 Å². The Morgan fingerprint density at radius 2 is 1.90 bits per heavy atom. The van der Waals surface area contributed by atoms with Crippen LogP contribution in [0.5, 0.6) is 0 Å². The zero-order chi connectivity index (χ0) is 15.4. The van der Waals surface area contributed by atoms with Crippen LogP contribution in [0.1, 0.15) is 32.6 Å². The predicted octanol–water partition coefficient (Wildman–Crippen LogP) is 1.22. The van der Waals surface area contributed by atoms with Gasteiger partial charge in [0.25, 0.3) is 10.2 Å². The Kier molecular flexibility index (Phi) is 6.24. The molecule has 0 heterocycles. The Morgan fingerprint density at radius 3 is 2.40 bits per heavy atom.